The van der Waals surface area contributed by atoms with Crippen molar-refractivity contribution in [1.29, 1.82) is 0 Å². The van der Waals surface area contributed by atoms with Crippen molar-refractivity contribution in [3.63, 3.8) is 0 Å². The summed E-state index contributed by atoms with van der Waals surface area (Å²) in [4.78, 5) is 13.0. The van der Waals surface area contributed by atoms with E-state index in [0.717, 1.165) is 38.5 Å². The molecule has 1 heterocycles. The van der Waals surface area contributed by atoms with Gasteiger partial charge in [0.2, 0.25) is 5.91 Å². The van der Waals surface area contributed by atoms with Crippen LogP contribution in [0, 0.1) is 0 Å². The summed E-state index contributed by atoms with van der Waals surface area (Å²) >= 11 is 0. The Morgan fingerprint density at radius 2 is 0.950 bits per heavy atom. The summed E-state index contributed by atoms with van der Waals surface area (Å²) in [5.74, 6) is -0.183. The molecule has 0 aromatic rings. The topological polar surface area (TPSA) is 149 Å². The molecule has 60 heavy (non-hydrogen) atoms. The fraction of sp³-hybridized carbons (Fsp3) is 0.902. The van der Waals surface area contributed by atoms with Gasteiger partial charge in [-0.1, -0.05) is 224 Å². The third-order valence-electron chi connectivity index (χ3n) is 12.3. The highest BCUT2D eigenvalue weighted by Crippen LogP contribution is 2.23. The highest BCUT2D eigenvalue weighted by atomic mass is 16.7. The molecule has 0 aliphatic carbocycles. The molecular weight excluding hydrogens is 755 g/mol. The lowest BCUT2D eigenvalue weighted by molar-refractivity contribution is -0.302. The lowest BCUT2D eigenvalue weighted by Crippen LogP contribution is -2.60. The summed E-state index contributed by atoms with van der Waals surface area (Å²) in [7, 11) is 0. The zero-order valence-corrected chi connectivity index (χ0v) is 39.0. The first-order valence-electron chi connectivity index (χ1n) is 25.6. The third kappa shape index (κ3) is 31.5. The second kappa shape index (κ2) is 41.7. The van der Waals surface area contributed by atoms with E-state index in [1.54, 1.807) is 6.08 Å². The molecule has 0 spiro atoms. The van der Waals surface area contributed by atoms with E-state index < -0.39 is 49.5 Å². The molecule has 7 atom stereocenters. The van der Waals surface area contributed by atoms with Crippen LogP contribution in [0.1, 0.15) is 239 Å². The zero-order chi connectivity index (χ0) is 43.7. The van der Waals surface area contributed by atoms with E-state index in [1.807, 2.05) is 6.08 Å². The molecule has 1 saturated heterocycles. The van der Waals surface area contributed by atoms with Crippen molar-refractivity contribution in [3.8, 4) is 0 Å². The number of aliphatic hydroxyl groups excluding tert-OH is 5. The molecule has 1 rings (SSSR count). The predicted molar refractivity (Wildman–Crippen MR) is 249 cm³/mol. The number of hydrogen-bond acceptors (Lipinski definition) is 8. The van der Waals surface area contributed by atoms with Crippen LogP contribution in [0.3, 0.4) is 0 Å². The number of rotatable bonds is 43. The van der Waals surface area contributed by atoms with Gasteiger partial charge in [0.15, 0.2) is 6.29 Å². The van der Waals surface area contributed by atoms with Crippen molar-refractivity contribution in [2.45, 2.75) is 281 Å². The third-order valence-corrected chi connectivity index (χ3v) is 12.3. The van der Waals surface area contributed by atoms with Gasteiger partial charge in [0.25, 0.3) is 0 Å². The second-order valence-corrected chi connectivity index (χ2v) is 18.0. The van der Waals surface area contributed by atoms with E-state index >= 15 is 0 Å². The van der Waals surface area contributed by atoms with Gasteiger partial charge in [-0.05, 0) is 32.1 Å². The highest BCUT2D eigenvalue weighted by Gasteiger charge is 2.44. The molecule has 1 aliphatic rings. The van der Waals surface area contributed by atoms with Crippen LogP contribution in [0.5, 0.6) is 0 Å². The van der Waals surface area contributed by atoms with Gasteiger partial charge in [-0.15, -0.1) is 0 Å². The largest absolute Gasteiger partial charge is 0.394 e. The summed E-state index contributed by atoms with van der Waals surface area (Å²) in [5.41, 5.74) is 0. The van der Waals surface area contributed by atoms with Crippen LogP contribution in [-0.4, -0.2) is 87.5 Å². The normalized spacial score (nSPS) is 20.7. The Labute approximate surface area is 369 Å². The molecule has 0 saturated carbocycles. The molecule has 354 valence electrons. The Balaban J connectivity index is 2.31. The Morgan fingerprint density at radius 3 is 1.40 bits per heavy atom. The van der Waals surface area contributed by atoms with Crippen LogP contribution < -0.4 is 5.32 Å². The summed E-state index contributed by atoms with van der Waals surface area (Å²) in [6.45, 7) is 3.78. The Morgan fingerprint density at radius 1 is 0.550 bits per heavy atom. The van der Waals surface area contributed by atoms with Crippen LogP contribution in [-0.2, 0) is 14.3 Å². The maximum Gasteiger partial charge on any atom is 0.220 e. The minimum absolute atomic E-state index is 0.183. The smallest absolute Gasteiger partial charge is 0.220 e. The first kappa shape index (κ1) is 56.7. The first-order valence-corrected chi connectivity index (χ1v) is 25.6. The number of nitrogens with one attached hydrogen (secondary N) is 1. The van der Waals surface area contributed by atoms with E-state index in [9.17, 15) is 30.3 Å². The molecule has 9 nitrogen and oxygen atoms in total. The van der Waals surface area contributed by atoms with Crippen LogP contribution >= 0.6 is 0 Å². The van der Waals surface area contributed by atoms with Crippen LogP contribution in [0.25, 0.3) is 0 Å². The van der Waals surface area contributed by atoms with Gasteiger partial charge in [-0.2, -0.15) is 0 Å². The lowest BCUT2D eigenvalue weighted by Gasteiger charge is -2.40. The van der Waals surface area contributed by atoms with Gasteiger partial charge >= 0.3 is 0 Å². The molecular formula is C51H97NO8. The van der Waals surface area contributed by atoms with E-state index in [4.69, 9.17) is 9.47 Å². The van der Waals surface area contributed by atoms with Crippen LogP contribution in [0.15, 0.2) is 24.3 Å². The second-order valence-electron chi connectivity index (χ2n) is 18.0. The number of ether oxygens (including phenoxy) is 2. The standard InChI is InChI=1S/C51H97NO8/c1-3-5-7-9-11-13-15-17-19-21-22-23-25-27-29-31-33-35-37-39-41-47(55)52-44(43-59-51-50(58)49(57)48(56)46(42-53)60-51)45(54)40-38-36-34-32-30-28-26-24-20-18-16-14-12-10-8-6-4-2/h30,32,38,40,44-46,48-51,53-54,56-58H,3-29,31,33-37,39,41-43H2,1-2H3,(H,52,55)/b32-30+,40-38+. The predicted octanol–water partition coefficient (Wildman–Crippen LogP) is 11.5. The van der Waals surface area contributed by atoms with E-state index in [0.29, 0.717) is 6.42 Å². The van der Waals surface area contributed by atoms with Gasteiger partial charge in [-0.25, -0.2) is 0 Å². The van der Waals surface area contributed by atoms with Gasteiger partial charge in [0.1, 0.15) is 24.4 Å². The van der Waals surface area contributed by atoms with E-state index in [2.05, 4.69) is 31.3 Å². The van der Waals surface area contributed by atoms with Crippen LogP contribution in [0.2, 0.25) is 0 Å². The quantitative estimate of drug-likeness (QED) is 0.0262. The molecule has 1 fully saturated rings. The van der Waals surface area contributed by atoms with Gasteiger partial charge < -0.3 is 40.3 Å². The summed E-state index contributed by atoms with van der Waals surface area (Å²) < 4.78 is 11.2. The summed E-state index contributed by atoms with van der Waals surface area (Å²) in [5, 5.41) is 54.3. The number of unbranched alkanes of at least 4 members (excludes halogenated alkanes) is 31. The fourth-order valence-electron chi connectivity index (χ4n) is 8.17. The number of aliphatic hydroxyl groups is 5. The molecule has 1 amide bonds. The first-order chi connectivity index (χ1) is 29.3. The molecule has 0 aromatic carbocycles. The summed E-state index contributed by atoms with van der Waals surface area (Å²) in [6.07, 6.45) is 43.7. The van der Waals surface area contributed by atoms with Crippen molar-refractivity contribution in [2.75, 3.05) is 13.2 Å². The monoisotopic (exact) mass is 852 g/mol. The number of carbonyl (C=O) groups is 1. The minimum atomic E-state index is -1.57. The van der Waals surface area contributed by atoms with Crippen molar-refractivity contribution in [2.24, 2.45) is 0 Å². The maximum atomic E-state index is 13.0. The number of carbonyl (C=O) groups excluding carboxylic acids is 1. The summed E-state index contributed by atoms with van der Waals surface area (Å²) in [6, 6.07) is -0.817. The van der Waals surface area contributed by atoms with Gasteiger partial charge in [0, 0.05) is 6.42 Å². The van der Waals surface area contributed by atoms with Gasteiger partial charge in [-0.3, -0.25) is 4.79 Å². The highest BCUT2D eigenvalue weighted by molar-refractivity contribution is 5.76. The Bertz CT molecular complexity index is 992. The van der Waals surface area contributed by atoms with E-state index in [1.165, 1.54) is 180 Å². The number of hydrogen-bond donors (Lipinski definition) is 6. The molecule has 0 bridgehead atoms. The Kier molecular flexibility index (Phi) is 39.4. The van der Waals surface area contributed by atoms with Crippen molar-refractivity contribution in [1.82, 2.24) is 5.32 Å². The maximum absolute atomic E-state index is 13.0. The molecule has 1 aliphatic heterocycles. The SMILES string of the molecule is CCCCCCCCCCCCC/C=C/CC/C=C/C(O)C(COC1OC(CO)C(O)C(O)C1O)NC(=O)CCCCCCCCCCCCCCCCCCCCCC. The number of allylic oxidation sites excluding steroid dienone is 3. The van der Waals surface area contributed by atoms with Gasteiger partial charge in [0.05, 0.1) is 25.4 Å². The molecule has 0 radical (unpaired) electrons. The fourth-order valence-corrected chi connectivity index (χ4v) is 8.17. The number of amides is 1. The average Bonchev–Trinajstić information content (AvgIpc) is 3.25. The lowest BCUT2D eigenvalue weighted by atomic mass is 9.99. The van der Waals surface area contributed by atoms with Crippen molar-refractivity contribution < 1.29 is 39.8 Å². The Hall–Kier alpha value is -1.33. The van der Waals surface area contributed by atoms with Crippen molar-refractivity contribution in [3.05, 3.63) is 24.3 Å². The average molecular weight is 852 g/mol. The molecule has 6 N–H and O–H groups in total. The zero-order valence-electron chi connectivity index (χ0n) is 39.0. The minimum Gasteiger partial charge on any atom is -0.394 e. The van der Waals surface area contributed by atoms with Crippen LogP contribution in [0.4, 0.5) is 0 Å². The molecule has 7 unspecified atom stereocenters. The molecule has 9 heteroatoms. The molecule has 0 aromatic heterocycles. The van der Waals surface area contributed by atoms with E-state index in [-0.39, 0.29) is 12.5 Å². The van der Waals surface area contributed by atoms with Crippen molar-refractivity contribution >= 4 is 5.91 Å².